The van der Waals surface area contributed by atoms with Gasteiger partial charge in [-0.05, 0) is 0 Å². The number of nitrogens with zero attached hydrogens (tertiary/aromatic N) is 1. The Bertz CT molecular complexity index is 304. The third-order valence-electron chi connectivity index (χ3n) is 1.55. The maximum Gasteiger partial charge on any atom is 0.185 e. The summed E-state index contributed by atoms with van der Waals surface area (Å²) in [5.41, 5.74) is 0.616. The van der Waals surface area contributed by atoms with E-state index in [2.05, 4.69) is 4.98 Å². The van der Waals surface area contributed by atoms with Crippen LogP contribution in [0.15, 0.2) is 6.20 Å². The topological polar surface area (TPSA) is 31.4 Å². The lowest BCUT2D eigenvalue weighted by Gasteiger charge is -2.11. The van der Waals surface area contributed by atoms with Gasteiger partial charge in [0.2, 0.25) is 0 Å². The van der Waals surface area contributed by atoms with Crippen LogP contribution in [0.25, 0.3) is 0 Å². The van der Waals surface area contributed by atoms with E-state index in [0.29, 0.717) is 22.2 Å². The smallest absolute Gasteiger partial charge is 0.185 e. The lowest BCUT2D eigenvalue weighted by atomic mass is 10.3. The van der Waals surface area contributed by atoms with E-state index in [-0.39, 0.29) is 5.88 Å². The number of hydrogen-bond donors (Lipinski definition) is 0. The molecule has 72 valence electrons. The van der Waals surface area contributed by atoms with Gasteiger partial charge in [-0.1, -0.05) is 11.6 Å². The average molecular weight is 222 g/mol. The maximum absolute atomic E-state index is 5.83. The van der Waals surface area contributed by atoms with Crippen molar-refractivity contribution in [3.63, 3.8) is 0 Å². The highest BCUT2D eigenvalue weighted by molar-refractivity contribution is 6.32. The number of rotatable bonds is 3. The summed E-state index contributed by atoms with van der Waals surface area (Å²) in [6.07, 6.45) is 1.49. The van der Waals surface area contributed by atoms with Crippen molar-refractivity contribution in [2.45, 2.75) is 5.88 Å². The fourth-order valence-electron chi connectivity index (χ4n) is 0.987. The molecular formula is C8H9Cl2NO2. The van der Waals surface area contributed by atoms with Gasteiger partial charge in [-0.25, -0.2) is 0 Å². The highest BCUT2D eigenvalue weighted by atomic mass is 35.5. The third-order valence-corrected chi connectivity index (χ3v) is 2.08. The molecule has 0 unspecified atom stereocenters. The second-order valence-corrected chi connectivity index (χ2v) is 2.93. The van der Waals surface area contributed by atoms with Crippen molar-refractivity contribution in [3.05, 3.63) is 16.9 Å². The molecule has 0 N–H and O–H groups in total. The summed E-state index contributed by atoms with van der Waals surface area (Å²) in [5, 5.41) is 0.410. The van der Waals surface area contributed by atoms with Gasteiger partial charge in [-0.15, -0.1) is 11.6 Å². The first kappa shape index (κ1) is 10.4. The number of hydrogen-bond acceptors (Lipinski definition) is 3. The van der Waals surface area contributed by atoms with E-state index in [4.69, 9.17) is 32.7 Å². The average Bonchev–Trinajstić information content (AvgIpc) is 2.17. The Kier molecular flexibility index (Phi) is 3.63. The molecule has 1 aromatic rings. The monoisotopic (exact) mass is 221 g/mol. The predicted octanol–water partition coefficient (Wildman–Crippen LogP) is 2.49. The first-order valence-corrected chi connectivity index (χ1v) is 4.47. The van der Waals surface area contributed by atoms with E-state index in [1.54, 1.807) is 0 Å². The second kappa shape index (κ2) is 4.53. The molecule has 0 aliphatic carbocycles. The number of aromatic nitrogens is 1. The van der Waals surface area contributed by atoms with Gasteiger partial charge >= 0.3 is 0 Å². The molecule has 13 heavy (non-hydrogen) atoms. The Morgan fingerprint density at radius 1 is 1.31 bits per heavy atom. The van der Waals surface area contributed by atoms with E-state index >= 15 is 0 Å². The van der Waals surface area contributed by atoms with Crippen LogP contribution in [0.4, 0.5) is 0 Å². The van der Waals surface area contributed by atoms with Crippen molar-refractivity contribution in [2.75, 3.05) is 14.2 Å². The molecule has 0 saturated carbocycles. The SMILES string of the molecule is COc1c(Cl)cnc(CCl)c1OC. The lowest BCUT2D eigenvalue weighted by Crippen LogP contribution is -1.97. The van der Waals surface area contributed by atoms with Crippen molar-refractivity contribution in [3.8, 4) is 11.5 Å². The Morgan fingerprint density at radius 2 is 1.92 bits per heavy atom. The Labute approximate surface area is 86.6 Å². The molecule has 0 bridgehead atoms. The van der Waals surface area contributed by atoms with Gasteiger partial charge < -0.3 is 9.47 Å². The van der Waals surface area contributed by atoms with Crippen molar-refractivity contribution in [1.82, 2.24) is 4.98 Å². The normalized spacial score (nSPS) is 9.85. The van der Waals surface area contributed by atoms with Crippen molar-refractivity contribution in [2.24, 2.45) is 0 Å². The molecule has 0 aliphatic heterocycles. The van der Waals surface area contributed by atoms with Gasteiger partial charge in [0, 0.05) is 6.20 Å². The zero-order chi connectivity index (χ0) is 9.84. The van der Waals surface area contributed by atoms with Crippen LogP contribution in [-0.4, -0.2) is 19.2 Å². The number of alkyl halides is 1. The van der Waals surface area contributed by atoms with Gasteiger partial charge in [0.25, 0.3) is 0 Å². The molecule has 0 aliphatic rings. The van der Waals surface area contributed by atoms with Crippen LogP contribution in [0, 0.1) is 0 Å². The van der Waals surface area contributed by atoms with E-state index in [1.165, 1.54) is 20.4 Å². The zero-order valence-corrected chi connectivity index (χ0v) is 8.82. The summed E-state index contributed by atoms with van der Waals surface area (Å²) in [4.78, 5) is 4.01. The molecule has 1 rings (SSSR count). The standard InChI is InChI=1S/C8H9Cl2NO2/c1-12-7-5(10)4-11-6(3-9)8(7)13-2/h4H,3H2,1-2H3. The molecule has 0 amide bonds. The number of pyridine rings is 1. The minimum Gasteiger partial charge on any atom is -0.491 e. The summed E-state index contributed by atoms with van der Waals surface area (Å²) >= 11 is 11.5. The van der Waals surface area contributed by atoms with Crippen molar-refractivity contribution in [1.29, 1.82) is 0 Å². The fourth-order valence-corrected chi connectivity index (χ4v) is 1.39. The highest BCUT2D eigenvalue weighted by Gasteiger charge is 2.14. The molecule has 0 spiro atoms. The van der Waals surface area contributed by atoms with E-state index in [0.717, 1.165) is 0 Å². The maximum atomic E-state index is 5.83. The van der Waals surface area contributed by atoms with Gasteiger partial charge in [0.15, 0.2) is 11.5 Å². The number of halogens is 2. The Morgan fingerprint density at radius 3 is 2.38 bits per heavy atom. The van der Waals surface area contributed by atoms with Gasteiger partial charge in [-0.3, -0.25) is 4.98 Å². The minimum absolute atomic E-state index is 0.261. The third kappa shape index (κ3) is 1.98. The zero-order valence-electron chi connectivity index (χ0n) is 7.30. The highest BCUT2D eigenvalue weighted by Crippen LogP contribution is 2.36. The largest absolute Gasteiger partial charge is 0.491 e. The van der Waals surface area contributed by atoms with Crippen LogP contribution >= 0.6 is 23.2 Å². The predicted molar refractivity (Wildman–Crippen MR) is 51.9 cm³/mol. The van der Waals surface area contributed by atoms with Crippen LogP contribution < -0.4 is 9.47 Å². The molecule has 1 heterocycles. The first-order chi connectivity index (χ1) is 6.24. The molecule has 3 nitrogen and oxygen atoms in total. The van der Waals surface area contributed by atoms with E-state index < -0.39 is 0 Å². The lowest BCUT2D eigenvalue weighted by molar-refractivity contribution is 0.350. The summed E-state index contributed by atoms with van der Waals surface area (Å²) in [6.45, 7) is 0. The van der Waals surface area contributed by atoms with Crippen molar-refractivity contribution >= 4 is 23.2 Å². The number of methoxy groups -OCH3 is 2. The van der Waals surface area contributed by atoms with E-state index in [1.807, 2.05) is 0 Å². The summed E-state index contributed by atoms with van der Waals surface area (Å²) < 4.78 is 10.1. The summed E-state index contributed by atoms with van der Waals surface area (Å²) in [5.74, 6) is 1.22. The Balaban J connectivity index is 3.27. The quantitative estimate of drug-likeness (QED) is 0.736. The first-order valence-electron chi connectivity index (χ1n) is 3.56. The molecule has 1 aromatic heterocycles. The molecule has 0 fully saturated rings. The summed E-state index contributed by atoms with van der Waals surface area (Å²) in [6, 6.07) is 0. The molecule has 0 atom stereocenters. The van der Waals surface area contributed by atoms with Crippen LogP contribution in [0.1, 0.15) is 5.69 Å². The Hall–Kier alpha value is -0.670. The van der Waals surface area contributed by atoms with Crippen LogP contribution in [0.3, 0.4) is 0 Å². The molecule has 0 aromatic carbocycles. The van der Waals surface area contributed by atoms with Crippen LogP contribution in [0.5, 0.6) is 11.5 Å². The van der Waals surface area contributed by atoms with Gasteiger partial charge in [-0.2, -0.15) is 0 Å². The molecule has 5 heteroatoms. The molecule has 0 radical (unpaired) electrons. The molecular weight excluding hydrogens is 213 g/mol. The van der Waals surface area contributed by atoms with Gasteiger partial charge in [0.1, 0.15) is 10.7 Å². The summed E-state index contributed by atoms with van der Waals surface area (Å²) in [7, 11) is 3.04. The van der Waals surface area contributed by atoms with Crippen LogP contribution in [0.2, 0.25) is 5.02 Å². The minimum atomic E-state index is 0.261. The fraction of sp³-hybridized carbons (Fsp3) is 0.375. The molecule has 0 saturated heterocycles. The van der Waals surface area contributed by atoms with Crippen molar-refractivity contribution < 1.29 is 9.47 Å². The van der Waals surface area contributed by atoms with Gasteiger partial charge in [0.05, 0.1) is 20.1 Å². The van der Waals surface area contributed by atoms with Crippen LogP contribution in [-0.2, 0) is 5.88 Å². The second-order valence-electron chi connectivity index (χ2n) is 2.25. The number of ether oxygens (including phenoxy) is 2. The van der Waals surface area contributed by atoms with E-state index in [9.17, 15) is 0 Å².